The van der Waals surface area contributed by atoms with E-state index in [1.54, 1.807) is 14.2 Å². The van der Waals surface area contributed by atoms with Gasteiger partial charge < -0.3 is 19.7 Å². The zero-order valence-corrected chi connectivity index (χ0v) is 19.1. The highest BCUT2D eigenvalue weighted by Crippen LogP contribution is 2.33. The molecule has 0 spiro atoms. The summed E-state index contributed by atoms with van der Waals surface area (Å²) in [6.45, 7) is 9.15. The number of fused-ring (bicyclic) bond motifs is 1. The Morgan fingerprint density at radius 2 is 1.74 bits per heavy atom. The van der Waals surface area contributed by atoms with Gasteiger partial charge in [-0.3, -0.25) is 9.89 Å². The first-order valence-electron chi connectivity index (χ1n) is 9.74. The fourth-order valence-electron chi connectivity index (χ4n) is 3.78. The summed E-state index contributed by atoms with van der Waals surface area (Å²) < 4.78 is 10.9. The molecule has 0 aromatic heterocycles. The number of aliphatic imine (C=N–C) groups is 1. The lowest BCUT2D eigenvalue weighted by Crippen LogP contribution is -2.40. The maximum absolute atomic E-state index is 5.45. The van der Waals surface area contributed by atoms with Crippen molar-refractivity contribution in [3.05, 3.63) is 23.3 Å². The van der Waals surface area contributed by atoms with E-state index < -0.39 is 0 Å². The highest BCUT2D eigenvalue weighted by atomic mass is 127. The second kappa shape index (κ2) is 10.9. The van der Waals surface area contributed by atoms with Gasteiger partial charge in [-0.15, -0.1) is 24.0 Å². The molecule has 1 N–H and O–H groups in total. The molecule has 6 nitrogen and oxygen atoms in total. The molecule has 0 bridgehead atoms. The number of methoxy groups -OCH3 is 2. The van der Waals surface area contributed by atoms with E-state index in [0.29, 0.717) is 0 Å². The predicted molar refractivity (Wildman–Crippen MR) is 121 cm³/mol. The van der Waals surface area contributed by atoms with E-state index in [9.17, 15) is 0 Å². The molecular weight excluding hydrogens is 455 g/mol. The summed E-state index contributed by atoms with van der Waals surface area (Å²) in [4.78, 5) is 9.71. The Morgan fingerprint density at radius 3 is 2.37 bits per heavy atom. The Kier molecular flexibility index (Phi) is 8.95. The molecule has 1 fully saturated rings. The van der Waals surface area contributed by atoms with Crippen molar-refractivity contribution >= 4 is 29.9 Å². The second-order valence-corrected chi connectivity index (χ2v) is 6.93. The van der Waals surface area contributed by atoms with Crippen LogP contribution in [0.1, 0.15) is 30.9 Å². The number of likely N-dealkylation sites (tertiary alicyclic amines) is 1. The number of halogens is 1. The molecule has 0 unspecified atom stereocenters. The molecule has 7 heteroatoms. The molecule has 0 aliphatic carbocycles. The summed E-state index contributed by atoms with van der Waals surface area (Å²) in [5.74, 6) is 2.72. The fraction of sp³-hybridized carbons (Fsp3) is 0.650. The molecule has 1 aromatic rings. The molecule has 3 rings (SSSR count). The van der Waals surface area contributed by atoms with Crippen LogP contribution < -0.4 is 14.8 Å². The molecule has 1 aromatic carbocycles. The first kappa shape index (κ1) is 22.1. The van der Waals surface area contributed by atoms with Crippen LogP contribution in [0, 0.1) is 0 Å². The number of guanidine groups is 1. The van der Waals surface area contributed by atoms with Crippen LogP contribution in [0.3, 0.4) is 0 Å². The van der Waals surface area contributed by atoms with Gasteiger partial charge in [0.2, 0.25) is 0 Å². The minimum absolute atomic E-state index is 0. The average molecular weight is 488 g/mol. The largest absolute Gasteiger partial charge is 0.493 e. The van der Waals surface area contributed by atoms with E-state index >= 15 is 0 Å². The lowest BCUT2D eigenvalue weighted by molar-refractivity contribution is 0.259. The highest BCUT2D eigenvalue weighted by Gasteiger charge is 2.20. The molecule has 2 aliphatic heterocycles. The Hall–Kier alpha value is -1.22. The smallest absolute Gasteiger partial charge is 0.193 e. The molecule has 0 radical (unpaired) electrons. The zero-order chi connectivity index (χ0) is 18.4. The van der Waals surface area contributed by atoms with E-state index in [2.05, 4.69) is 34.2 Å². The van der Waals surface area contributed by atoms with Gasteiger partial charge in [0.25, 0.3) is 0 Å². The van der Waals surface area contributed by atoms with Crippen molar-refractivity contribution < 1.29 is 9.47 Å². The lowest BCUT2D eigenvalue weighted by atomic mass is 9.99. The van der Waals surface area contributed by atoms with E-state index in [1.807, 2.05) is 0 Å². The molecule has 0 amide bonds. The Labute approximate surface area is 180 Å². The summed E-state index contributed by atoms with van der Waals surface area (Å²) in [6.07, 6.45) is 3.60. The minimum Gasteiger partial charge on any atom is -0.493 e. The third-order valence-electron chi connectivity index (χ3n) is 5.22. The molecule has 27 heavy (non-hydrogen) atoms. The van der Waals surface area contributed by atoms with Gasteiger partial charge in [0.05, 0.1) is 20.8 Å². The van der Waals surface area contributed by atoms with Crippen LogP contribution in [-0.2, 0) is 13.0 Å². The maximum Gasteiger partial charge on any atom is 0.193 e. The van der Waals surface area contributed by atoms with Gasteiger partial charge in [-0.05, 0) is 49.4 Å². The fourth-order valence-corrected chi connectivity index (χ4v) is 3.78. The molecule has 2 heterocycles. The summed E-state index contributed by atoms with van der Waals surface area (Å²) in [7, 11) is 3.39. The van der Waals surface area contributed by atoms with Gasteiger partial charge >= 0.3 is 0 Å². The van der Waals surface area contributed by atoms with E-state index in [4.69, 9.17) is 14.5 Å². The van der Waals surface area contributed by atoms with Gasteiger partial charge in [-0.1, -0.05) is 0 Å². The van der Waals surface area contributed by atoms with Crippen molar-refractivity contribution in [1.82, 2.24) is 15.1 Å². The Bertz CT molecular complexity index is 633. The number of benzene rings is 1. The summed E-state index contributed by atoms with van der Waals surface area (Å²) >= 11 is 0. The van der Waals surface area contributed by atoms with Crippen molar-refractivity contribution in [1.29, 1.82) is 0 Å². The quantitative estimate of drug-likeness (QED) is 0.379. The normalized spacial score (nSPS) is 17.3. The molecule has 0 atom stereocenters. The van der Waals surface area contributed by atoms with Gasteiger partial charge in [0.1, 0.15) is 0 Å². The summed E-state index contributed by atoms with van der Waals surface area (Å²) in [5, 5.41) is 3.43. The monoisotopic (exact) mass is 488 g/mol. The summed E-state index contributed by atoms with van der Waals surface area (Å²) in [5.41, 5.74) is 2.71. The van der Waals surface area contributed by atoms with Gasteiger partial charge in [-0.25, -0.2) is 0 Å². The molecule has 2 aliphatic rings. The molecule has 1 saturated heterocycles. The molecular formula is C20H33IN4O2. The van der Waals surface area contributed by atoms with Crippen LogP contribution in [-0.4, -0.2) is 69.2 Å². The number of nitrogens with one attached hydrogen (secondary N) is 1. The van der Waals surface area contributed by atoms with E-state index in [1.165, 1.54) is 24.0 Å². The van der Waals surface area contributed by atoms with Crippen molar-refractivity contribution in [2.45, 2.75) is 32.7 Å². The first-order valence-corrected chi connectivity index (χ1v) is 9.74. The Balaban J connectivity index is 0.00000261. The SMILES string of the molecule is CCNC(=NCCN1CCc2cc(OC)c(OC)cc2C1)N1CCCC1.I. The van der Waals surface area contributed by atoms with Crippen LogP contribution in [0.2, 0.25) is 0 Å². The number of hydrogen-bond acceptors (Lipinski definition) is 4. The van der Waals surface area contributed by atoms with Gasteiger partial charge in [0, 0.05) is 39.3 Å². The van der Waals surface area contributed by atoms with Crippen LogP contribution in [0.15, 0.2) is 17.1 Å². The third-order valence-corrected chi connectivity index (χ3v) is 5.22. The standard InChI is InChI=1S/C20H32N4O2.HI/c1-4-21-20(24-9-5-6-10-24)22-8-12-23-11-7-16-13-18(25-2)19(26-3)14-17(16)15-23;/h13-14H,4-12,15H2,1-3H3,(H,21,22);1H. The number of nitrogens with zero attached hydrogens (tertiary/aromatic N) is 3. The van der Waals surface area contributed by atoms with Crippen LogP contribution in [0.4, 0.5) is 0 Å². The average Bonchev–Trinajstić information content (AvgIpc) is 3.20. The van der Waals surface area contributed by atoms with Crippen LogP contribution in [0.5, 0.6) is 11.5 Å². The maximum atomic E-state index is 5.45. The van der Waals surface area contributed by atoms with E-state index in [-0.39, 0.29) is 24.0 Å². The molecule has 0 saturated carbocycles. The van der Waals surface area contributed by atoms with Crippen molar-refractivity contribution in [3.63, 3.8) is 0 Å². The van der Waals surface area contributed by atoms with Crippen molar-refractivity contribution in [2.75, 3.05) is 53.5 Å². The van der Waals surface area contributed by atoms with Crippen LogP contribution in [0.25, 0.3) is 0 Å². The topological polar surface area (TPSA) is 49.3 Å². The minimum atomic E-state index is 0. The Morgan fingerprint density at radius 1 is 1.07 bits per heavy atom. The lowest BCUT2D eigenvalue weighted by Gasteiger charge is -2.29. The number of ether oxygens (including phenoxy) is 2. The first-order chi connectivity index (χ1) is 12.7. The highest BCUT2D eigenvalue weighted by molar-refractivity contribution is 14.0. The van der Waals surface area contributed by atoms with Crippen molar-refractivity contribution in [2.24, 2.45) is 4.99 Å². The van der Waals surface area contributed by atoms with Gasteiger partial charge in [-0.2, -0.15) is 0 Å². The zero-order valence-electron chi connectivity index (χ0n) is 16.8. The van der Waals surface area contributed by atoms with Crippen molar-refractivity contribution in [3.8, 4) is 11.5 Å². The second-order valence-electron chi connectivity index (χ2n) is 6.93. The molecule has 152 valence electrons. The number of rotatable bonds is 6. The van der Waals surface area contributed by atoms with Gasteiger partial charge in [0.15, 0.2) is 17.5 Å². The van der Waals surface area contributed by atoms with Crippen LogP contribution >= 0.6 is 24.0 Å². The third kappa shape index (κ3) is 5.63. The summed E-state index contributed by atoms with van der Waals surface area (Å²) in [6, 6.07) is 4.25. The number of hydrogen-bond donors (Lipinski definition) is 1. The van der Waals surface area contributed by atoms with E-state index in [0.717, 1.165) is 69.7 Å². The predicted octanol–water partition coefficient (Wildman–Crippen LogP) is 2.74.